The van der Waals surface area contributed by atoms with E-state index < -0.39 is 0 Å². The summed E-state index contributed by atoms with van der Waals surface area (Å²) in [6, 6.07) is 11.6. The molecular formula is C17H18O3. The van der Waals surface area contributed by atoms with E-state index in [4.69, 9.17) is 9.47 Å². The molecule has 1 aliphatic heterocycles. The average molecular weight is 270 g/mol. The predicted octanol–water partition coefficient (Wildman–Crippen LogP) is 3.95. The summed E-state index contributed by atoms with van der Waals surface area (Å²) in [4.78, 5) is 0. The van der Waals surface area contributed by atoms with Crippen LogP contribution in [-0.2, 0) is 0 Å². The third kappa shape index (κ3) is 1.99. The summed E-state index contributed by atoms with van der Waals surface area (Å²) in [5.74, 6) is 1.85. The first kappa shape index (κ1) is 12.9. The van der Waals surface area contributed by atoms with E-state index in [0.717, 1.165) is 11.3 Å². The number of methoxy groups -OCH3 is 1. The normalized spacial score (nSPS) is 20.4. The second-order valence-corrected chi connectivity index (χ2v) is 5.30. The Kier molecular flexibility index (Phi) is 3.05. The molecule has 3 rings (SSSR count). The smallest absolute Gasteiger partial charge is 0.160 e. The van der Waals surface area contributed by atoms with Gasteiger partial charge in [0.2, 0.25) is 0 Å². The lowest BCUT2D eigenvalue weighted by atomic mass is 9.92. The molecule has 1 N–H and O–H groups in total. The number of aromatic hydroxyl groups is 1. The minimum absolute atomic E-state index is 0.0405. The van der Waals surface area contributed by atoms with E-state index in [2.05, 4.69) is 26.0 Å². The molecule has 3 nitrogen and oxygen atoms in total. The Bertz CT molecular complexity index is 649. The van der Waals surface area contributed by atoms with E-state index in [0.29, 0.717) is 5.75 Å². The monoisotopic (exact) mass is 270 g/mol. The number of benzene rings is 2. The van der Waals surface area contributed by atoms with Crippen molar-refractivity contribution in [2.75, 3.05) is 7.11 Å². The Morgan fingerprint density at radius 2 is 1.95 bits per heavy atom. The van der Waals surface area contributed by atoms with E-state index >= 15 is 0 Å². The predicted molar refractivity (Wildman–Crippen MR) is 77.6 cm³/mol. The van der Waals surface area contributed by atoms with Crippen molar-refractivity contribution >= 4 is 0 Å². The van der Waals surface area contributed by atoms with Gasteiger partial charge < -0.3 is 14.6 Å². The maximum atomic E-state index is 9.69. The summed E-state index contributed by atoms with van der Waals surface area (Å²) in [5.41, 5.74) is 3.49. The molecule has 0 spiro atoms. The largest absolute Gasteiger partial charge is 0.504 e. The molecule has 1 unspecified atom stereocenters. The molecule has 2 aromatic carbocycles. The zero-order valence-electron chi connectivity index (χ0n) is 11.9. The van der Waals surface area contributed by atoms with Gasteiger partial charge in [-0.05, 0) is 30.7 Å². The van der Waals surface area contributed by atoms with Crippen LogP contribution in [0.5, 0.6) is 17.2 Å². The third-order valence-electron chi connectivity index (χ3n) is 3.90. The Hall–Kier alpha value is -2.16. The molecule has 1 aliphatic rings. The number of phenolic OH excluding ortho intramolecular Hbond substituents is 1. The molecular weight excluding hydrogens is 252 g/mol. The molecule has 2 atom stereocenters. The molecule has 0 radical (unpaired) electrons. The Balaban J connectivity index is 1.97. The molecule has 0 aromatic heterocycles. The minimum atomic E-state index is -0.0405. The number of hydrogen-bond donors (Lipinski definition) is 1. The molecule has 0 saturated heterocycles. The molecule has 104 valence electrons. The van der Waals surface area contributed by atoms with E-state index in [9.17, 15) is 5.11 Å². The molecule has 3 heteroatoms. The van der Waals surface area contributed by atoms with Crippen LogP contribution >= 0.6 is 0 Å². The second kappa shape index (κ2) is 4.75. The lowest BCUT2D eigenvalue weighted by Gasteiger charge is -2.17. The highest BCUT2D eigenvalue weighted by molar-refractivity contribution is 5.48. The van der Waals surface area contributed by atoms with Crippen molar-refractivity contribution in [3.05, 3.63) is 53.1 Å². The van der Waals surface area contributed by atoms with E-state index in [1.54, 1.807) is 13.2 Å². The van der Waals surface area contributed by atoms with E-state index in [1.807, 2.05) is 18.2 Å². The van der Waals surface area contributed by atoms with Gasteiger partial charge >= 0.3 is 0 Å². The van der Waals surface area contributed by atoms with Gasteiger partial charge in [0.1, 0.15) is 11.9 Å². The number of rotatable bonds is 2. The first-order valence-corrected chi connectivity index (χ1v) is 6.74. The standard InChI is InChI=1S/C17H18O3/c1-10-4-7-15-13(8-10)11(2)17(20-15)12-5-6-14(18)16(9-12)19-3/h4-9,11,17-18H,1-3H3/t11?,17-/m1/s1. The summed E-state index contributed by atoms with van der Waals surface area (Å²) in [6.45, 7) is 4.25. The van der Waals surface area contributed by atoms with Crippen LogP contribution in [0.2, 0.25) is 0 Å². The molecule has 0 aliphatic carbocycles. The molecule has 0 fully saturated rings. The minimum Gasteiger partial charge on any atom is -0.504 e. The number of hydrogen-bond acceptors (Lipinski definition) is 3. The van der Waals surface area contributed by atoms with Crippen LogP contribution in [0.15, 0.2) is 36.4 Å². The highest BCUT2D eigenvalue weighted by atomic mass is 16.5. The summed E-state index contributed by atoms with van der Waals surface area (Å²) in [6.07, 6.45) is -0.0405. The lowest BCUT2D eigenvalue weighted by molar-refractivity contribution is 0.215. The summed E-state index contributed by atoms with van der Waals surface area (Å²) in [5, 5.41) is 9.69. The summed E-state index contributed by atoms with van der Waals surface area (Å²) in [7, 11) is 1.55. The van der Waals surface area contributed by atoms with Gasteiger partial charge in [-0.15, -0.1) is 0 Å². The van der Waals surface area contributed by atoms with Crippen molar-refractivity contribution in [3.8, 4) is 17.2 Å². The van der Waals surface area contributed by atoms with Crippen molar-refractivity contribution < 1.29 is 14.6 Å². The molecule has 0 saturated carbocycles. The Morgan fingerprint density at radius 3 is 2.70 bits per heavy atom. The van der Waals surface area contributed by atoms with Crippen LogP contribution < -0.4 is 9.47 Å². The quantitative estimate of drug-likeness (QED) is 0.898. The van der Waals surface area contributed by atoms with E-state index in [-0.39, 0.29) is 17.8 Å². The Morgan fingerprint density at radius 1 is 1.15 bits per heavy atom. The van der Waals surface area contributed by atoms with Gasteiger partial charge in [0.15, 0.2) is 11.5 Å². The van der Waals surface area contributed by atoms with Gasteiger partial charge in [-0.2, -0.15) is 0 Å². The van der Waals surface area contributed by atoms with Crippen molar-refractivity contribution in [2.45, 2.75) is 25.9 Å². The fraction of sp³-hybridized carbons (Fsp3) is 0.294. The van der Waals surface area contributed by atoms with Gasteiger partial charge in [-0.1, -0.05) is 30.7 Å². The first-order chi connectivity index (χ1) is 9.60. The van der Waals surface area contributed by atoms with Crippen LogP contribution in [0.1, 0.15) is 35.6 Å². The third-order valence-corrected chi connectivity index (χ3v) is 3.90. The van der Waals surface area contributed by atoms with Crippen LogP contribution in [-0.4, -0.2) is 12.2 Å². The fourth-order valence-corrected chi connectivity index (χ4v) is 2.76. The van der Waals surface area contributed by atoms with Crippen molar-refractivity contribution in [1.29, 1.82) is 0 Å². The van der Waals surface area contributed by atoms with Gasteiger partial charge in [-0.25, -0.2) is 0 Å². The molecule has 0 bridgehead atoms. The van der Waals surface area contributed by atoms with Crippen LogP contribution in [0.3, 0.4) is 0 Å². The fourth-order valence-electron chi connectivity index (χ4n) is 2.76. The van der Waals surface area contributed by atoms with Crippen LogP contribution in [0.25, 0.3) is 0 Å². The zero-order valence-corrected chi connectivity index (χ0v) is 11.9. The number of phenols is 1. The summed E-state index contributed by atoms with van der Waals surface area (Å²) < 4.78 is 11.2. The molecule has 20 heavy (non-hydrogen) atoms. The number of aryl methyl sites for hydroxylation is 1. The number of fused-ring (bicyclic) bond motifs is 1. The van der Waals surface area contributed by atoms with Crippen molar-refractivity contribution in [2.24, 2.45) is 0 Å². The first-order valence-electron chi connectivity index (χ1n) is 6.74. The molecule has 0 amide bonds. The zero-order chi connectivity index (χ0) is 14.3. The number of ether oxygens (including phenoxy) is 2. The lowest BCUT2D eigenvalue weighted by Crippen LogP contribution is -2.07. The topological polar surface area (TPSA) is 38.7 Å². The highest BCUT2D eigenvalue weighted by Gasteiger charge is 2.32. The van der Waals surface area contributed by atoms with E-state index in [1.165, 1.54) is 11.1 Å². The maximum absolute atomic E-state index is 9.69. The average Bonchev–Trinajstić information content (AvgIpc) is 2.77. The molecule has 1 heterocycles. The van der Waals surface area contributed by atoms with Gasteiger partial charge in [-0.3, -0.25) is 0 Å². The molecule has 2 aromatic rings. The highest BCUT2D eigenvalue weighted by Crippen LogP contribution is 2.47. The maximum Gasteiger partial charge on any atom is 0.160 e. The van der Waals surface area contributed by atoms with Crippen LogP contribution in [0, 0.1) is 6.92 Å². The van der Waals surface area contributed by atoms with Gasteiger partial charge in [0.25, 0.3) is 0 Å². The summed E-state index contributed by atoms with van der Waals surface area (Å²) >= 11 is 0. The van der Waals surface area contributed by atoms with Gasteiger partial charge in [0.05, 0.1) is 7.11 Å². The second-order valence-electron chi connectivity index (χ2n) is 5.30. The van der Waals surface area contributed by atoms with Crippen molar-refractivity contribution in [1.82, 2.24) is 0 Å². The van der Waals surface area contributed by atoms with Gasteiger partial charge in [0, 0.05) is 11.5 Å². The Labute approximate surface area is 118 Å². The SMILES string of the molecule is COc1cc([C@@H]2Oc3ccc(C)cc3C2C)ccc1O. The van der Waals surface area contributed by atoms with Crippen molar-refractivity contribution in [3.63, 3.8) is 0 Å². The van der Waals surface area contributed by atoms with Crippen LogP contribution in [0.4, 0.5) is 0 Å².